The molecule has 1 atom stereocenters. The maximum absolute atomic E-state index is 11.8. The van der Waals surface area contributed by atoms with Gasteiger partial charge in [0.2, 0.25) is 0 Å². The molecule has 2 aromatic rings. The maximum Gasteiger partial charge on any atom is 0.408 e. The van der Waals surface area contributed by atoms with Gasteiger partial charge in [0.25, 0.3) is 0 Å². The zero-order chi connectivity index (χ0) is 20.0. The van der Waals surface area contributed by atoms with E-state index in [1.807, 2.05) is 24.3 Å². The molecule has 0 heterocycles. The van der Waals surface area contributed by atoms with Crippen LogP contribution in [0.25, 0.3) is 0 Å². The first-order chi connectivity index (χ1) is 12.6. The van der Waals surface area contributed by atoms with E-state index in [1.165, 1.54) is 0 Å². The summed E-state index contributed by atoms with van der Waals surface area (Å²) in [6.45, 7) is 5.14. The van der Waals surface area contributed by atoms with Gasteiger partial charge >= 0.3 is 12.1 Å². The number of halogens is 1. The van der Waals surface area contributed by atoms with E-state index in [0.717, 1.165) is 10.0 Å². The molecule has 0 aliphatic rings. The standard InChI is InChI=1S/C20H22BrNO5/c1-20(2,3)27-19(25)22-17(18(23)24)12-13-4-8-15(9-5-13)26-16-10-6-14(21)7-11-16/h4-11,17H,12H2,1-3H3,(H,22,25)(H,23,24). The number of nitrogens with one attached hydrogen (secondary N) is 1. The molecule has 144 valence electrons. The second-order valence-electron chi connectivity index (χ2n) is 6.94. The van der Waals surface area contributed by atoms with E-state index in [4.69, 9.17) is 9.47 Å². The zero-order valence-electron chi connectivity index (χ0n) is 15.4. The molecular weight excluding hydrogens is 414 g/mol. The van der Waals surface area contributed by atoms with Crippen molar-refractivity contribution in [2.75, 3.05) is 0 Å². The Kier molecular flexibility index (Phi) is 6.85. The fourth-order valence-electron chi connectivity index (χ4n) is 2.22. The third-order valence-electron chi connectivity index (χ3n) is 3.40. The molecule has 0 aliphatic heterocycles. The molecule has 0 bridgehead atoms. The summed E-state index contributed by atoms with van der Waals surface area (Å²) < 4.78 is 11.8. The van der Waals surface area contributed by atoms with Gasteiger partial charge in [-0.3, -0.25) is 0 Å². The molecule has 1 unspecified atom stereocenters. The van der Waals surface area contributed by atoms with Crippen LogP contribution in [0.1, 0.15) is 26.3 Å². The molecule has 0 aromatic heterocycles. The number of hydrogen-bond donors (Lipinski definition) is 2. The fraction of sp³-hybridized carbons (Fsp3) is 0.300. The lowest BCUT2D eigenvalue weighted by atomic mass is 10.1. The van der Waals surface area contributed by atoms with E-state index in [0.29, 0.717) is 11.5 Å². The Hall–Kier alpha value is -2.54. The van der Waals surface area contributed by atoms with E-state index in [-0.39, 0.29) is 6.42 Å². The number of aliphatic carboxylic acids is 1. The van der Waals surface area contributed by atoms with Crippen molar-refractivity contribution >= 4 is 28.0 Å². The van der Waals surface area contributed by atoms with Crippen molar-refractivity contribution in [1.82, 2.24) is 5.32 Å². The van der Waals surface area contributed by atoms with Crippen molar-refractivity contribution < 1.29 is 24.2 Å². The Morgan fingerprint density at radius 2 is 1.56 bits per heavy atom. The van der Waals surface area contributed by atoms with Gasteiger partial charge in [-0.1, -0.05) is 28.1 Å². The highest BCUT2D eigenvalue weighted by Crippen LogP contribution is 2.23. The van der Waals surface area contributed by atoms with Gasteiger partial charge in [-0.15, -0.1) is 0 Å². The number of alkyl carbamates (subject to hydrolysis) is 1. The molecule has 0 radical (unpaired) electrons. The lowest BCUT2D eigenvalue weighted by molar-refractivity contribution is -0.139. The van der Waals surface area contributed by atoms with Crippen molar-refractivity contribution in [2.45, 2.75) is 38.8 Å². The predicted molar refractivity (Wildman–Crippen MR) is 105 cm³/mol. The summed E-state index contributed by atoms with van der Waals surface area (Å²) in [6.07, 6.45) is -0.627. The van der Waals surface area contributed by atoms with Gasteiger partial charge < -0.3 is 19.9 Å². The van der Waals surface area contributed by atoms with Crippen LogP contribution in [0.4, 0.5) is 4.79 Å². The summed E-state index contributed by atoms with van der Waals surface area (Å²) in [4.78, 5) is 23.3. The lowest BCUT2D eigenvalue weighted by Gasteiger charge is -2.22. The molecule has 0 fully saturated rings. The van der Waals surface area contributed by atoms with Gasteiger partial charge in [0.05, 0.1) is 0 Å². The molecule has 2 N–H and O–H groups in total. The SMILES string of the molecule is CC(C)(C)OC(=O)NC(Cc1ccc(Oc2ccc(Br)cc2)cc1)C(=O)O. The summed E-state index contributed by atoms with van der Waals surface area (Å²) in [7, 11) is 0. The van der Waals surface area contributed by atoms with Crippen LogP contribution in [0.5, 0.6) is 11.5 Å². The molecular formula is C20H22BrNO5. The third-order valence-corrected chi connectivity index (χ3v) is 3.93. The number of rotatable bonds is 6. The van der Waals surface area contributed by atoms with Crippen molar-refractivity contribution in [3.05, 3.63) is 58.6 Å². The van der Waals surface area contributed by atoms with E-state index in [1.54, 1.807) is 45.0 Å². The number of carboxylic acids is 1. The first-order valence-corrected chi connectivity index (χ1v) is 9.16. The predicted octanol–water partition coefficient (Wildman–Crippen LogP) is 4.76. The topological polar surface area (TPSA) is 84.9 Å². The normalized spacial score (nSPS) is 12.1. The molecule has 7 heteroatoms. The Balaban J connectivity index is 1.98. The molecule has 0 saturated carbocycles. The highest BCUT2D eigenvalue weighted by Gasteiger charge is 2.24. The number of amides is 1. The second kappa shape index (κ2) is 8.90. The van der Waals surface area contributed by atoms with Crippen molar-refractivity contribution in [3.8, 4) is 11.5 Å². The summed E-state index contributed by atoms with van der Waals surface area (Å²) in [5.41, 5.74) is 0.0562. The average Bonchev–Trinajstić information content (AvgIpc) is 2.56. The summed E-state index contributed by atoms with van der Waals surface area (Å²) >= 11 is 3.37. The molecule has 2 aromatic carbocycles. The highest BCUT2D eigenvalue weighted by molar-refractivity contribution is 9.10. The van der Waals surface area contributed by atoms with Crippen LogP contribution in [-0.2, 0) is 16.0 Å². The lowest BCUT2D eigenvalue weighted by Crippen LogP contribution is -2.44. The summed E-state index contributed by atoms with van der Waals surface area (Å²) in [5.74, 6) is 0.199. The highest BCUT2D eigenvalue weighted by atomic mass is 79.9. The van der Waals surface area contributed by atoms with Crippen molar-refractivity contribution in [1.29, 1.82) is 0 Å². The maximum atomic E-state index is 11.8. The van der Waals surface area contributed by atoms with Crippen LogP contribution in [0, 0.1) is 0 Å². The minimum atomic E-state index is -1.13. The van der Waals surface area contributed by atoms with Crippen LogP contribution in [0.15, 0.2) is 53.0 Å². The van der Waals surface area contributed by atoms with Crippen LogP contribution < -0.4 is 10.1 Å². The molecule has 2 rings (SSSR count). The Morgan fingerprint density at radius 3 is 2.04 bits per heavy atom. The largest absolute Gasteiger partial charge is 0.480 e. The van der Waals surface area contributed by atoms with Gasteiger partial charge in [-0.2, -0.15) is 0 Å². The molecule has 0 aliphatic carbocycles. The smallest absolute Gasteiger partial charge is 0.408 e. The number of ether oxygens (including phenoxy) is 2. The Labute approximate surface area is 166 Å². The first kappa shape index (κ1) is 20.8. The number of benzene rings is 2. The Morgan fingerprint density at radius 1 is 1.04 bits per heavy atom. The van der Waals surface area contributed by atoms with Crippen molar-refractivity contribution in [3.63, 3.8) is 0 Å². The van der Waals surface area contributed by atoms with Gasteiger partial charge in [0.1, 0.15) is 23.1 Å². The number of carboxylic acid groups (broad SMARTS) is 1. The first-order valence-electron chi connectivity index (χ1n) is 8.37. The minimum Gasteiger partial charge on any atom is -0.480 e. The van der Waals surface area contributed by atoms with Gasteiger partial charge in [0, 0.05) is 10.9 Å². The molecule has 1 amide bonds. The monoisotopic (exact) mass is 435 g/mol. The molecule has 6 nitrogen and oxygen atoms in total. The minimum absolute atomic E-state index is 0.132. The quantitative estimate of drug-likeness (QED) is 0.682. The number of carbonyl (C=O) groups is 2. The Bertz CT molecular complexity index is 782. The van der Waals surface area contributed by atoms with Crippen LogP contribution in [0.3, 0.4) is 0 Å². The van der Waals surface area contributed by atoms with Gasteiger partial charge in [-0.05, 0) is 62.7 Å². The second-order valence-corrected chi connectivity index (χ2v) is 7.86. The number of carbonyl (C=O) groups excluding carboxylic acids is 1. The summed E-state index contributed by atoms with van der Waals surface area (Å²) in [5, 5.41) is 11.7. The molecule has 27 heavy (non-hydrogen) atoms. The van der Waals surface area contributed by atoms with E-state index >= 15 is 0 Å². The van der Waals surface area contributed by atoms with E-state index in [9.17, 15) is 14.7 Å². The van der Waals surface area contributed by atoms with Crippen LogP contribution in [0.2, 0.25) is 0 Å². The molecule has 0 saturated heterocycles. The van der Waals surface area contributed by atoms with E-state index < -0.39 is 23.7 Å². The fourth-order valence-corrected chi connectivity index (χ4v) is 2.48. The van der Waals surface area contributed by atoms with Crippen LogP contribution in [-0.4, -0.2) is 28.8 Å². The van der Waals surface area contributed by atoms with Gasteiger partial charge in [-0.25, -0.2) is 9.59 Å². The zero-order valence-corrected chi connectivity index (χ0v) is 16.9. The summed E-state index contributed by atoms with van der Waals surface area (Å²) in [6, 6.07) is 13.4. The average molecular weight is 436 g/mol. The van der Waals surface area contributed by atoms with E-state index in [2.05, 4.69) is 21.2 Å². The van der Waals surface area contributed by atoms with Crippen molar-refractivity contribution in [2.24, 2.45) is 0 Å². The third kappa shape index (κ3) is 7.30. The number of hydrogen-bond acceptors (Lipinski definition) is 4. The van der Waals surface area contributed by atoms with Crippen LogP contribution >= 0.6 is 15.9 Å². The molecule has 0 spiro atoms. The van der Waals surface area contributed by atoms with Gasteiger partial charge in [0.15, 0.2) is 0 Å².